The summed E-state index contributed by atoms with van der Waals surface area (Å²) in [6.07, 6.45) is 0.637. The lowest BCUT2D eigenvalue weighted by molar-refractivity contribution is -0.123. The Morgan fingerprint density at radius 3 is 2.95 bits per heavy atom. The van der Waals surface area contributed by atoms with Gasteiger partial charge < -0.3 is 9.88 Å². The summed E-state index contributed by atoms with van der Waals surface area (Å²) in [6.45, 7) is 4.41. The number of amides is 1. The summed E-state index contributed by atoms with van der Waals surface area (Å²) in [5.74, 6) is 1.31. The smallest absolute Gasteiger partial charge is 0.242 e. The van der Waals surface area contributed by atoms with E-state index >= 15 is 0 Å². The Hall–Kier alpha value is -1.07. The van der Waals surface area contributed by atoms with Crippen LogP contribution in [-0.2, 0) is 11.2 Å². The Kier molecular flexibility index (Phi) is 5.05. The van der Waals surface area contributed by atoms with E-state index in [4.69, 9.17) is 11.6 Å². The molecule has 1 N–H and O–H groups in total. The topological polar surface area (TPSA) is 46.9 Å². The molecular formula is C14H17BrClN3O. The van der Waals surface area contributed by atoms with Crippen molar-refractivity contribution in [1.29, 1.82) is 0 Å². The van der Waals surface area contributed by atoms with Crippen molar-refractivity contribution in [2.45, 2.75) is 26.3 Å². The highest BCUT2D eigenvalue weighted by Crippen LogP contribution is 2.25. The molecule has 1 atom stereocenters. The van der Waals surface area contributed by atoms with E-state index in [0.29, 0.717) is 18.8 Å². The minimum absolute atomic E-state index is 0.00876. The summed E-state index contributed by atoms with van der Waals surface area (Å²) in [7, 11) is 0. The van der Waals surface area contributed by atoms with Gasteiger partial charge in [0, 0.05) is 23.3 Å². The molecule has 6 heteroatoms. The Morgan fingerprint density at radius 2 is 2.30 bits per heavy atom. The van der Waals surface area contributed by atoms with Gasteiger partial charge in [0.05, 0.1) is 11.0 Å². The van der Waals surface area contributed by atoms with E-state index in [9.17, 15) is 4.79 Å². The maximum absolute atomic E-state index is 12.1. The molecular weight excluding hydrogens is 342 g/mol. The minimum Gasteiger partial charge on any atom is -0.355 e. The lowest BCUT2D eigenvalue weighted by Crippen LogP contribution is -2.31. The van der Waals surface area contributed by atoms with Crippen LogP contribution in [0.1, 0.15) is 25.7 Å². The predicted molar refractivity (Wildman–Crippen MR) is 85.3 cm³/mol. The first kappa shape index (κ1) is 15.3. The van der Waals surface area contributed by atoms with Gasteiger partial charge in [0.15, 0.2) is 0 Å². The summed E-state index contributed by atoms with van der Waals surface area (Å²) in [4.78, 5) is 16.7. The van der Waals surface area contributed by atoms with Crippen molar-refractivity contribution in [2.75, 3.05) is 12.4 Å². The number of fused-ring (bicyclic) bond motifs is 1. The van der Waals surface area contributed by atoms with Crippen molar-refractivity contribution in [1.82, 2.24) is 14.9 Å². The van der Waals surface area contributed by atoms with E-state index in [1.165, 1.54) is 0 Å². The van der Waals surface area contributed by atoms with Crippen LogP contribution < -0.4 is 5.32 Å². The fourth-order valence-corrected chi connectivity index (χ4v) is 2.77. The zero-order valence-electron chi connectivity index (χ0n) is 11.5. The molecule has 0 aliphatic heterocycles. The SMILES string of the molecule is CCNC(=O)C(C)n1c(CCCl)nc2cc(Br)ccc21. The van der Waals surface area contributed by atoms with Gasteiger partial charge in [-0.3, -0.25) is 4.79 Å². The average molecular weight is 359 g/mol. The van der Waals surface area contributed by atoms with Gasteiger partial charge in [-0.2, -0.15) is 0 Å². The standard InChI is InChI=1S/C14H17BrClN3O/c1-3-17-14(20)9(2)19-12-5-4-10(15)8-11(12)18-13(19)6-7-16/h4-5,8-9H,3,6-7H2,1-2H3,(H,17,20). The zero-order chi connectivity index (χ0) is 14.7. The number of nitrogens with one attached hydrogen (secondary N) is 1. The molecule has 2 rings (SSSR count). The lowest BCUT2D eigenvalue weighted by atomic mass is 10.2. The molecule has 1 heterocycles. The summed E-state index contributed by atoms with van der Waals surface area (Å²) >= 11 is 9.29. The first-order chi connectivity index (χ1) is 9.58. The van der Waals surface area contributed by atoms with Crippen LogP contribution in [0, 0.1) is 0 Å². The molecule has 20 heavy (non-hydrogen) atoms. The molecule has 0 spiro atoms. The van der Waals surface area contributed by atoms with Crippen molar-refractivity contribution >= 4 is 44.5 Å². The number of halogens is 2. The van der Waals surface area contributed by atoms with Crippen LogP contribution in [0.3, 0.4) is 0 Å². The molecule has 1 unspecified atom stereocenters. The van der Waals surface area contributed by atoms with Gasteiger partial charge in [-0.05, 0) is 32.0 Å². The Balaban J connectivity index is 2.53. The molecule has 0 saturated heterocycles. The maximum Gasteiger partial charge on any atom is 0.242 e. The number of rotatable bonds is 5. The number of nitrogens with zero attached hydrogens (tertiary/aromatic N) is 2. The second-order valence-corrected chi connectivity index (χ2v) is 5.83. The van der Waals surface area contributed by atoms with Gasteiger partial charge in [-0.25, -0.2) is 4.98 Å². The van der Waals surface area contributed by atoms with Crippen LogP contribution in [0.5, 0.6) is 0 Å². The molecule has 0 aliphatic carbocycles. The summed E-state index contributed by atoms with van der Waals surface area (Å²) < 4.78 is 2.94. The Morgan fingerprint density at radius 1 is 1.55 bits per heavy atom. The van der Waals surface area contributed by atoms with Gasteiger partial charge in [-0.15, -0.1) is 11.6 Å². The van der Waals surface area contributed by atoms with Crippen LogP contribution in [0.15, 0.2) is 22.7 Å². The highest BCUT2D eigenvalue weighted by molar-refractivity contribution is 9.10. The number of aryl methyl sites for hydroxylation is 1. The molecule has 0 saturated carbocycles. The fourth-order valence-electron chi connectivity index (χ4n) is 2.25. The number of imidazole rings is 1. The second-order valence-electron chi connectivity index (χ2n) is 4.54. The first-order valence-corrected chi connectivity index (χ1v) is 7.91. The normalized spacial score (nSPS) is 12.6. The highest BCUT2D eigenvalue weighted by atomic mass is 79.9. The third-order valence-corrected chi connectivity index (χ3v) is 3.84. The lowest BCUT2D eigenvalue weighted by Gasteiger charge is -2.16. The highest BCUT2D eigenvalue weighted by Gasteiger charge is 2.20. The molecule has 1 amide bonds. The monoisotopic (exact) mass is 357 g/mol. The first-order valence-electron chi connectivity index (χ1n) is 6.58. The number of hydrogen-bond acceptors (Lipinski definition) is 2. The number of carbonyl (C=O) groups is 1. The molecule has 0 aliphatic rings. The van der Waals surface area contributed by atoms with E-state index in [1.807, 2.05) is 36.6 Å². The largest absolute Gasteiger partial charge is 0.355 e. The van der Waals surface area contributed by atoms with Crippen LogP contribution >= 0.6 is 27.5 Å². The molecule has 108 valence electrons. The van der Waals surface area contributed by atoms with E-state index in [-0.39, 0.29) is 11.9 Å². The fraction of sp³-hybridized carbons (Fsp3) is 0.429. The number of hydrogen-bond donors (Lipinski definition) is 1. The van der Waals surface area contributed by atoms with Crippen LogP contribution in [-0.4, -0.2) is 27.9 Å². The summed E-state index contributed by atoms with van der Waals surface area (Å²) in [6, 6.07) is 5.57. The quantitative estimate of drug-likeness (QED) is 0.834. The van der Waals surface area contributed by atoms with E-state index in [2.05, 4.69) is 26.2 Å². The minimum atomic E-state index is -0.306. The van der Waals surface area contributed by atoms with Crippen molar-refractivity contribution < 1.29 is 4.79 Å². The van der Waals surface area contributed by atoms with Gasteiger partial charge in [0.2, 0.25) is 5.91 Å². The third kappa shape index (κ3) is 2.99. The van der Waals surface area contributed by atoms with Crippen LogP contribution in [0.2, 0.25) is 0 Å². The van der Waals surface area contributed by atoms with E-state index < -0.39 is 0 Å². The summed E-state index contributed by atoms with van der Waals surface area (Å²) in [5.41, 5.74) is 1.82. The number of alkyl halides is 1. The van der Waals surface area contributed by atoms with Crippen LogP contribution in [0.25, 0.3) is 11.0 Å². The second kappa shape index (κ2) is 6.59. The van der Waals surface area contributed by atoms with Crippen molar-refractivity contribution in [3.05, 3.63) is 28.5 Å². The number of carbonyl (C=O) groups excluding carboxylic acids is 1. The number of aromatic nitrogens is 2. The Labute approximate surface area is 131 Å². The van der Waals surface area contributed by atoms with Crippen molar-refractivity contribution in [3.8, 4) is 0 Å². The van der Waals surface area contributed by atoms with Gasteiger partial charge >= 0.3 is 0 Å². The maximum atomic E-state index is 12.1. The van der Waals surface area contributed by atoms with E-state index in [0.717, 1.165) is 21.3 Å². The van der Waals surface area contributed by atoms with E-state index in [1.54, 1.807) is 0 Å². The van der Waals surface area contributed by atoms with Gasteiger partial charge in [0.1, 0.15) is 11.9 Å². The van der Waals surface area contributed by atoms with Crippen molar-refractivity contribution in [3.63, 3.8) is 0 Å². The molecule has 4 nitrogen and oxygen atoms in total. The molecule has 0 radical (unpaired) electrons. The molecule has 1 aromatic carbocycles. The van der Waals surface area contributed by atoms with Crippen LogP contribution in [0.4, 0.5) is 0 Å². The molecule has 2 aromatic rings. The third-order valence-electron chi connectivity index (χ3n) is 3.16. The predicted octanol–water partition coefficient (Wildman–Crippen LogP) is 3.28. The molecule has 0 bridgehead atoms. The summed E-state index contributed by atoms with van der Waals surface area (Å²) in [5, 5.41) is 2.85. The zero-order valence-corrected chi connectivity index (χ0v) is 13.8. The number of benzene rings is 1. The van der Waals surface area contributed by atoms with Gasteiger partial charge in [-0.1, -0.05) is 15.9 Å². The van der Waals surface area contributed by atoms with Crippen molar-refractivity contribution in [2.24, 2.45) is 0 Å². The molecule has 1 aromatic heterocycles. The molecule has 0 fully saturated rings. The van der Waals surface area contributed by atoms with Gasteiger partial charge in [0.25, 0.3) is 0 Å². The number of likely N-dealkylation sites (N-methyl/N-ethyl adjacent to an activating group) is 1. The Bertz CT molecular complexity index is 626. The average Bonchev–Trinajstić information content (AvgIpc) is 2.75.